The van der Waals surface area contributed by atoms with E-state index in [1.54, 1.807) is 0 Å². The summed E-state index contributed by atoms with van der Waals surface area (Å²) in [6.45, 7) is 6.28. The molecule has 0 rings (SSSR count). The zero-order chi connectivity index (χ0) is 7.82. The van der Waals surface area contributed by atoms with Crippen molar-refractivity contribution in [2.45, 2.75) is 27.2 Å². The van der Waals surface area contributed by atoms with Crippen LogP contribution in [0.25, 0.3) is 0 Å². The Morgan fingerprint density at radius 2 is 2.00 bits per heavy atom. The van der Waals surface area contributed by atoms with Gasteiger partial charge >= 0.3 is 0 Å². The second-order valence-electron chi connectivity index (χ2n) is 2.24. The van der Waals surface area contributed by atoms with Crippen LogP contribution in [-0.4, -0.2) is 0 Å². The first-order valence-electron chi connectivity index (χ1n) is 3.77. The van der Waals surface area contributed by atoms with E-state index in [4.69, 9.17) is 0 Å². The fourth-order valence-corrected chi connectivity index (χ4v) is 0.708. The van der Waals surface area contributed by atoms with Crippen LogP contribution in [0.3, 0.4) is 0 Å². The molecule has 0 aliphatic heterocycles. The van der Waals surface area contributed by atoms with E-state index in [0.717, 1.165) is 6.42 Å². The molecule has 0 spiro atoms. The maximum atomic E-state index is 2.21. The van der Waals surface area contributed by atoms with Crippen molar-refractivity contribution in [3.05, 3.63) is 36.0 Å². The van der Waals surface area contributed by atoms with E-state index >= 15 is 0 Å². The maximum Gasteiger partial charge on any atom is -0.0374 e. The summed E-state index contributed by atoms with van der Waals surface area (Å²) < 4.78 is 0. The highest BCUT2D eigenvalue weighted by atomic mass is 13.8. The lowest BCUT2D eigenvalue weighted by molar-refractivity contribution is 1.20. The molecular formula is C10H16. The predicted molar refractivity (Wildman–Crippen MR) is 48.0 cm³/mol. The third-order valence-corrected chi connectivity index (χ3v) is 1.19. The van der Waals surface area contributed by atoms with Gasteiger partial charge in [-0.25, -0.2) is 0 Å². The fourth-order valence-electron chi connectivity index (χ4n) is 0.708. The topological polar surface area (TPSA) is 0 Å². The summed E-state index contributed by atoms with van der Waals surface area (Å²) in [5.41, 5.74) is 1.33. The van der Waals surface area contributed by atoms with Gasteiger partial charge in [-0.05, 0) is 20.3 Å². The van der Waals surface area contributed by atoms with E-state index in [1.807, 2.05) is 19.1 Å². The van der Waals surface area contributed by atoms with Crippen molar-refractivity contribution >= 4 is 0 Å². The van der Waals surface area contributed by atoms with Crippen LogP contribution in [0, 0.1) is 0 Å². The molecule has 0 N–H and O–H groups in total. The van der Waals surface area contributed by atoms with E-state index in [0.29, 0.717) is 0 Å². The van der Waals surface area contributed by atoms with Crippen LogP contribution in [0.4, 0.5) is 0 Å². The van der Waals surface area contributed by atoms with Gasteiger partial charge in [0.2, 0.25) is 0 Å². The van der Waals surface area contributed by atoms with Crippen molar-refractivity contribution in [3.63, 3.8) is 0 Å². The Morgan fingerprint density at radius 3 is 2.50 bits per heavy atom. The molecule has 0 atom stereocenters. The third kappa shape index (κ3) is 5.36. The van der Waals surface area contributed by atoms with Gasteiger partial charge in [-0.3, -0.25) is 0 Å². The van der Waals surface area contributed by atoms with Crippen LogP contribution < -0.4 is 0 Å². The number of hydrogen-bond donors (Lipinski definition) is 0. The van der Waals surface area contributed by atoms with Crippen LogP contribution in [-0.2, 0) is 0 Å². The van der Waals surface area contributed by atoms with Gasteiger partial charge < -0.3 is 0 Å². The summed E-state index contributed by atoms with van der Waals surface area (Å²) in [7, 11) is 0. The van der Waals surface area contributed by atoms with E-state index in [1.165, 1.54) is 5.57 Å². The Kier molecular flexibility index (Phi) is 5.85. The summed E-state index contributed by atoms with van der Waals surface area (Å²) in [4.78, 5) is 0. The second-order valence-corrected chi connectivity index (χ2v) is 2.24. The molecule has 0 bridgehead atoms. The molecule has 0 radical (unpaired) electrons. The first-order chi connectivity index (χ1) is 4.81. The standard InChI is InChI=1S/C10H16/c1-4-6-7-9-10(3)8-5-2/h4,6-9H,5H2,1-3H3/b6-4+,9-7-,10-8+. The van der Waals surface area contributed by atoms with Crippen molar-refractivity contribution in [3.8, 4) is 0 Å². The average Bonchev–Trinajstić information content (AvgIpc) is 1.89. The van der Waals surface area contributed by atoms with Gasteiger partial charge in [0.05, 0.1) is 0 Å². The maximum absolute atomic E-state index is 2.21. The molecule has 0 fully saturated rings. The Morgan fingerprint density at radius 1 is 1.30 bits per heavy atom. The lowest BCUT2D eigenvalue weighted by atomic mass is 10.2. The highest BCUT2D eigenvalue weighted by Crippen LogP contribution is 1.96. The van der Waals surface area contributed by atoms with Crippen LogP contribution in [0.1, 0.15) is 27.2 Å². The minimum atomic E-state index is 1.12. The highest BCUT2D eigenvalue weighted by molar-refractivity contribution is 5.19. The van der Waals surface area contributed by atoms with Crippen molar-refractivity contribution in [2.24, 2.45) is 0 Å². The van der Waals surface area contributed by atoms with Gasteiger partial charge in [-0.2, -0.15) is 0 Å². The lowest BCUT2D eigenvalue weighted by Gasteiger charge is -1.86. The smallest absolute Gasteiger partial charge is 0.0374 e. The molecule has 0 aromatic heterocycles. The van der Waals surface area contributed by atoms with Gasteiger partial charge in [-0.15, -0.1) is 0 Å². The predicted octanol–water partition coefficient (Wildman–Crippen LogP) is 3.48. The van der Waals surface area contributed by atoms with E-state index in [9.17, 15) is 0 Å². The molecule has 0 saturated heterocycles. The highest BCUT2D eigenvalue weighted by Gasteiger charge is 1.75. The Hall–Kier alpha value is -0.780. The molecular weight excluding hydrogens is 120 g/mol. The van der Waals surface area contributed by atoms with Gasteiger partial charge in [0.1, 0.15) is 0 Å². The molecule has 0 nitrogen and oxygen atoms in total. The van der Waals surface area contributed by atoms with Gasteiger partial charge in [0.25, 0.3) is 0 Å². The van der Waals surface area contributed by atoms with Crippen LogP contribution in [0.15, 0.2) is 36.0 Å². The summed E-state index contributed by atoms with van der Waals surface area (Å²) in [5, 5.41) is 0. The van der Waals surface area contributed by atoms with E-state index in [2.05, 4.69) is 32.1 Å². The Bertz CT molecular complexity index is 147. The number of hydrogen-bond acceptors (Lipinski definition) is 0. The molecule has 0 amide bonds. The van der Waals surface area contributed by atoms with Gasteiger partial charge in [0.15, 0.2) is 0 Å². The minimum absolute atomic E-state index is 1.12. The normalized spacial score (nSPS) is 13.7. The molecule has 0 aromatic carbocycles. The molecule has 0 heterocycles. The van der Waals surface area contributed by atoms with E-state index < -0.39 is 0 Å². The van der Waals surface area contributed by atoms with E-state index in [-0.39, 0.29) is 0 Å². The largest absolute Gasteiger partial charge is 0.0877 e. The monoisotopic (exact) mass is 136 g/mol. The molecule has 0 heteroatoms. The summed E-state index contributed by atoms with van der Waals surface area (Å²) in [6.07, 6.45) is 11.6. The summed E-state index contributed by atoms with van der Waals surface area (Å²) in [5.74, 6) is 0. The van der Waals surface area contributed by atoms with Gasteiger partial charge in [-0.1, -0.05) is 42.9 Å². The first-order valence-corrected chi connectivity index (χ1v) is 3.77. The van der Waals surface area contributed by atoms with Crippen molar-refractivity contribution in [1.29, 1.82) is 0 Å². The second kappa shape index (κ2) is 6.34. The quantitative estimate of drug-likeness (QED) is 0.521. The molecule has 56 valence electrons. The number of rotatable bonds is 3. The van der Waals surface area contributed by atoms with Crippen molar-refractivity contribution in [1.82, 2.24) is 0 Å². The SMILES string of the molecule is C/C=C/C=C\C(C)=C\CC. The Labute approximate surface area is 64.0 Å². The first kappa shape index (κ1) is 9.22. The van der Waals surface area contributed by atoms with Crippen LogP contribution in [0.5, 0.6) is 0 Å². The molecule has 10 heavy (non-hydrogen) atoms. The summed E-state index contributed by atoms with van der Waals surface area (Å²) >= 11 is 0. The summed E-state index contributed by atoms with van der Waals surface area (Å²) in [6, 6.07) is 0. The lowest BCUT2D eigenvalue weighted by Crippen LogP contribution is -1.65. The molecule has 0 aliphatic carbocycles. The average molecular weight is 136 g/mol. The zero-order valence-corrected chi connectivity index (χ0v) is 7.09. The number of allylic oxidation sites excluding steroid dienone is 6. The van der Waals surface area contributed by atoms with Crippen molar-refractivity contribution < 1.29 is 0 Å². The van der Waals surface area contributed by atoms with Crippen LogP contribution >= 0.6 is 0 Å². The van der Waals surface area contributed by atoms with Gasteiger partial charge in [0, 0.05) is 0 Å². The molecule has 0 aromatic rings. The molecule has 0 aliphatic rings. The van der Waals surface area contributed by atoms with Crippen LogP contribution in [0.2, 0.25) is 0 Å². The zero-order valence-electron chi connectivity index (χ0n) is 7.09. The third-order valence-electron chi connectivity index (χ3n) is 1.19. The Balaban J connectivity index is 3.76. The molecule has 0 unspecified atom stereocenters. The van der Waals surface area contributed by atoms with Crippen molar-refractivity contribution in [2.75, 3.05) is 0 Å². The molecule has 0 saturated carbocycles. The minimum Gasteiger partial charge on any atom is -0.0877 e. The fraction of sp³-hybridized carbons (Fsp3) is 0.400.